The molecule has 1 unspecified atom stereocenters. The predicted molar refractivity (Wildman–Crippen MR) is 116 cm³/mol. The van der Waals surface area contributed by atoms with E-state index in [1.807, 2.05) is 0 Å². The summed E-state index contributed by atoms with van der Waals surface area (Å²) in [5, 5.41) is 2.82. The molecule has 35 heavy (non-hydrogen) atoms. The summed E-state index contributed by atoms with van der Waals surface area (Å²) in [5.74, 6) is -4.07. The molecule has 0 bridgehead atoms. The molecule has 12 heteroatoms. The Balaban J connectivity index is 1.60. The molecule has 1 N–H and O–H groups in total. The maximum atomic E-state index is 14.5. The van der Waals surface area contributed by atoms with E-state index in [9.17, 15) is 26.7 Å². The van der Waals surface area contributed by atoms with Gasteiger partial charge in [0, 0.05) is 25.5 Å². The number of halogens is 5. The van der Waals surface area contributed by atoms with Crippen LogP contribution < -0.4 is 5.32 Å². The monoisotopic (exact) mass is 495 g/mol. The number of piperidine rings is 1. The van der Waals surface area contributed by atoms with E-state index in [1.54, 1.807) is 44.2 Å². The summed E-state index contributed by atoms with van der Waals surface area (Å²) in [4.78, 5) is 25.7. The van der Waals surface area contributed by atoms with Gasteiger partial charge in [0.05, 0.1) is 25.0 Å². The molecule has 1 aliphatic heterocycles. The van der Waals surface area contributed by atoms with Crippen molar-refractivity contribution in [2.45, 2.75) is 38.4 Å². The third-order valence-electron chi connectivity index (χ3n) is 5.75. The number of carbonyl (C=O) groups excluding carboxylic acids is 1. The molecule has 2 aromatic heterocycles. The lowest BCUT2D eigenvalue weighted by molar-refractivity contribution is -0.141. The Bertz CT molecular complexity index is 1180. The summed E-state index contributed by atoms with van der Waals surface area (Å²) in [7, 11) is 0. The van der Waals surface area contributed by atoms with Gasteiger partial charge in [-0.3, -0.25) is 4.79 Å². The summed E-state index contributed by atoms with van der Waals surface area (Å²) in [6.45, 7) is 2.28. The van der Waals surface area contributed by atoms with Gasteiger partial charge in [0.25, 0.3) is 11.8 Å². The lowest BCUT2D eigenvalue weighted by Crippen LogP contribution is -2.57. The molecule has 0 spiro atoms. The Morgan fingerprint density at radius 1 is 1.20 bits per heavy atom. The van der Waals surface area contributed by atoms with Crippen molar-refractivity contribution in [3.63, 3.8) is 0 Å². The van der Waals surface area contributed by atoms with Crippen molar-refractivity contribution >= 4 is 11.7 Å². The van der Waals surface area contributed by atoms with E-state index in [1.165, 1.54) is 0 Å². The second kappa shape index (κ2) is 9.23. The molecule has 0 saturated carbocycles. The number of hydrogen-bond donors (Lipinski definition) is 1. The van der Waals surface area contributed by atoms with Crippen LogP contribution in [-0.2, 0) is 6.18 Å². The highest BCUT2D eigenvalue weighted by Gasteiger charge is 2.47. The molecule has 1 aliphatic rings. The standard InChI is InChI=1S/C23H22F5N5O2/c1-13-8-22(24,25)12-33(16(13)9-30-18-11-29-17(10-31-18)23(26,27)28)21(34)19-20(35-14(2)32-19)15-6-4-3-5-7-15/h3-7,10-11,13,16H,8-9,12H2,1-2H3,(H,30,31)/t13?,16-/m1/s1. The molecular formula is C23H22F5N5O2. The van der Waals surface area contributed by atoms with Crippen LogP contribution in [-0.4, -0.2) is 50.8 Å². The van der Waals surface area contributed by atoms with Crippen LogP contribution in [0.1, 0.15) is 35.4 Å². The minimum absolute atomic E-state index is 0.0252. The first-order chi connectivity index (χ1) is 16.4. The summed E-state index contributed by atoms with van der Waals surface area (Å²) < 4.78 is 72.8. The number of anilines is 1. The van der Waals surface area contributed by atoms with Gasteiger partial charge in [-0.25, -0.2) is 23.7 Å². The number of rotatable bonds is 5. The molecule has 0 aliphatic carbocycles. The minimum atomic E-state index is -4.63. The van der Waals surface area contributed by atoms with Gasteiger partial charge in [-0.1, -0.05) is 37.3 Å². The lowest BCUT2D eigenvalue weighted by atomic mass is 9.88. The SMILES string of the molecule is Cc1nc(C(=O)N2CC(F)(F)CC(C)[C@H]2CNc2cnc(C(F)(F)F)cn2)c(-c2ccccc2)o1. The predicted octanol–water partition coefficient (Wildman–Crippen LogP) is 5.06. The number of likely N-dealkylation sites (tertiary alicyclic amines) is 1. The van der Waals surface area contributed by atoms with Crippen molar-refractivity contribution in [2.75, 3.05) is 18.4 Å². The average Bonchev–Trinajstić information content (AvgIpc) is 3.19. The van der Waals surface area contributed by atoms with Crippen LogP contribution in [0.4, 0.5) is 27.8 Å². The van der Waals surface area contributed by atoms with Crippen LogP contribution in [0.25, 0.3) is 11.3 Å². The minimum Gasteiger partial charge on any atom is -0.440 e. The van der Waals surface area contributed by atoms with Crippen LogP contribution in [0.15, 0.2) is 47.1 Å². The molecule has 1 amide bonds. The summed E-state index contributed by atoms with van der Waals surface area (Å²) in [5.41, 5.74) is -0.665. The van der Waals surface area contributed by atoms with Gasteiger partial charge < -0.3 is 14.6 Å². The van der Waals surface area contributed by atoms with Gasteiger partial charge >= 0.3 is 6.18 Å². The second-order valence-corrected chi connectivity index (χ2v) is 8.48. The Hall–Kier alpha value is -3.57. The fourth-order valence-corrected chi connectivity index (χ4v) is 4.15. The number of oxazole rings is 1. The molecule has 0 radical (unpaired) electrons. The van der Waals surface area contributed by atoms with E-state index in [0.29, 0.717) is 11.8 Å². The molecule has 1 aromatic carbocycles. The number of aryl methyl sites for hydroxylation is 1. The molecule has 2 atom stereocenters. The molecule has 3 aromatic rings. The van der Waals surface area contributed by atoms with Crippen molar-refractivity contribution < 1.29 is 31.2 Å². The van der Waals surface area contributed by atoms with Crippen LogP contribution in [0, 0.1) is 12.8 Å². The first-order valence-corrected chi connectivity index (χ1v) is 10.8. The quantitative estimate of drug-likeness (QED) is 0.499. The average molecular weight is 495 g/mol. The normalized spacial score (nSPS) is 20.0. The molecule has 186 valence electrons. The van der Waals surface area contributed by atoms with Crippen molar-refractivity contribution in [1.29, 1.82) is 0 Å². The van der Waals surface area contributed by atoms with Crippen molar-refractivity contribution in [3.8, 4) is 11.3 Å². The Kier molecular flexibility index (Phi) is 6.48. The van der Waals surface area contributed by atoms with E-state index < -0.39 is 48.6 Å². The summed E-state index contributed by atoms with van der Waals surface area (Å²) in [6.07, 6.45) is -3.60. The van der Waals surface area contributed by atoms with Crippen LogP contribution >= 0.6 is 0 Å². The Morgan fingerprint density at radius 3 is 2.54 bits per heavy atom. The van der Waals surface area contributed by atoms with Gasteiger partial charge in [0.1, 0.15) is 5.82 Å². The summed E-state index contributed by atoms with van der Waals surface area (Å²) >= 11 is 0. The number of nitrogens with one attached hydrogen (secondary N) is 1. The first-order valence-electron chi connectivity index (χ1n) is 10.8. The number of amides is 1. The molecule has 3 heterocycles. The molecule has 7 nitrogen and oxygen atoms in total. The van der Waals surface area contributed by atoms with E-state index in [-0.39, 0.29) is 29.7 Å². The fraction of sp³-hybridized carbons (Fsp3) is 0.391. The van der Waals surface area contributed by atoms with E-state index in [2.05, 4.69) is 20.3 Å². The number of carbonyl (C=O) groups is 1. The fourth-order valence-electron chi connectivity index (χ4n) is 4.15. The highest BCUT2D eigenvalue weighted by Crippen LogP contribution is 2.36. The highest BCUT2D eigenvalue weighted by atomic mass is 19.4. The largest absolute Gasteiger partial charge is 0.440 e. The maximum absolute atomic E-state index is 14.5. The Morgan fingerprint density at radius 2 is 1.91 bits per heavy atom. The number of benzene rings is 1. The first kappa shape index (κ1) is 24.6. The zero-order valence-corrected chi connectivity index (χ0v) is 18.8. The van der Waals surface area contributed by atoms with Gasteiger partial charge in [0.2, 0.25) is 0 Å². The van der Waals surface area contributed by atoms with E-state index in [0.717, 1.165) is 11.1 Å². The summed E-state index contributed by atoms with van der Waals surface area (Å²) in [6, 6.07) is 7.99. The van der Waals surface area contributed by atoms with Gasteiger partial charge in [-0.05, 0) is 5.92 Å². The third-order valence-corrected chi connectivity index (χ3v) is 5.75. The zero-order valence-electron chi connectivity index (χ0n) is 18.8. The lowest BCUT2D eigenvalue weighted by Gasteiger charge is -2.43. The smallest absolute Gasteiger partial charge is 0.434 e. The van der Waals surface area contributed by atoms with Gasteiger partial charge in [0.15, 0.2) is 23.0 Å². The molecule has 4 rings (SSSR count). The number of alkyl halides is 5. The molecule has 1 fully saturated rings. The van der Waals surface area contributed by atoms with Gasteiger partial charge in [-0.2, -0.15) is 13.2 Å². The van der Waals surface area contributed by atoms with Crippen LogP contribution in [0.2, 0.25) is 0 Å². The van der Waals surface area contributed by atoms with Crippen LogP contribution in [0.5, 0.6) is 0 Å². The number of nitrogens with zero attached hydrogens (tertiary/aromatic N) is 4. The van der Waals surface area contributed by atoms with E-state index >= 15 is 0 Å². The number of hydrogen-bond acceptors (Lipinski definition) is 6. The second-order valence-electron chi connectivity index (χ2n) is 8.48. The zero-order chi connectivity index (χ0) is 25.4. The molecule has 1 saturated heterocycles. The Labute approximate surface area is 197 Å². The van der Waals surface area contributed by atoms with Crippen molar-refractivity contribution in [1.82, 2.24) is 19.9 Å². The topological polar surface area (TPSA) is 84.2 Å². The third kappa shape index (κ3) is 5.41. The van der Waals surface area contributed by atoms with Crippen molar-refractivity contribution in [3.05, 3.63) is 60.0 Å². The maximum Gasteiger partial charge on any atom is 0.434 e. The van der Waals surface area contributed by atoms with Gasteiger partial charge in [-0.15, -0.1) is 0 Å². The number of aromatic nitrogens is 3. The van der Waals surface area contributed by atoms with Crippen LogP contribution in [0.3, 0.4) is 0 Å². The van der Waals surface area contributed by atoms with Crippen molar-refractivity contribution in [2.24, 2.45) is 5.92 Å². The van der Waals surface area contributed by atoms with E-state index in [4.69, 9.17) is 4.42 Å². The highest BCUT2D eigenvalue weighted by molar-refractivity contribution is 5.98. The molecular weight excluding hydrogens is 473 g/mol.